The van der Waals surface area contributed by atoms with Crippen molar-refractivity contribution in [2.75, 3.05) is 13.7 Å². The Morgan fingerprint density at radius 1 is 1.06 bits per heavy atom. The van der Waals surface area contributed by atoms with Crippen molar-refractivity contribution in [3.05, 3.63) is 94.6 Å². The molecule has 0 saturated carbocycles. The van der Waals surface area contributed by atoms with Crippen LogP contribution in [0.4, 0.5) is 0 Å². The number of hydrogen-bond acceptors (Lipinski definition) is 3. The Balaban J connectivity index is 1.55. The predicted molar refractivity (Wildman–Crippen MR) is 130 cm³/mol. The van der Waals surface area contributed by atoms with E-state index in [2.05, 4.69) is 4.98 Å². The Morgan fingerprint density at radius 3 is 2.55 bits per heavy atom. The van der Waals surface area contributed by atoms with Crippen molar-refractivity contribution in [1.29, 1.82) is 0 Å². The first-order valence-electron chi connectivity index (χ1n) is 11.0. The highest BCUT2D eigenvalue weighted by molar-refractivity contribution is 6.31. The Morgan fingerprint density at radius 2 is 1.82 bits per heavy atom. The molecule has 0 spiro atoms. The largest absolute Gasteiger partial charge is 0.497 e. The number of nitrogens with zero attached hydrogens (tertiary/aromatic N) is 1. The van der Waals surface area contributed by atoms with Crippen molar-refractivity contribution < 1.29 is 14.3 Å². The standard InChI is InChI=1S/C27H25ClN2O3/c1-17(33-21-6-4-3-5-7-21)27(31)30-15-14-22-23-16-19(28)10-13-24(23)29-25(22)26(30)18-8-11-20(32-2)12-9-18/h3-13,16-17,26,29H,14-15H2,1-2H3. The van der Waals surface area contributed by atoms with Gasteiger partial charge in [0, 0.05) is 28.2 Å². The molecule has 0 radical (unpaired) electrons. The zero-order valence-electron chi connectivity index (χ0n) is 18.5. The second-order valence-electron chi connectivity index (χ2n) is 8.24. The van der Waals surface area contributed by atoms with Gasteiger partial charge in [-0.15, -0.1) is 0 Å². The van der Waals surface area contributed by atoms with Gasteiger partial charge in [-0.05, 0) is 66.9 Å². The van der Waals surface area contributed by atoms with E-state index in [0.29, 0.717) is 17.3 Å². The number of nitrogens with one attached hydrogen (secondary N) is 1. The van der Waals surface area contributed by atoms with Crippen molar-refractivity contribution in [1.82, 2.24) is 9.88 Å². The zero-order valence-corrected chi connectivity index (χ0v) is 19.3. The number of aromatic nitrogens is 1. The Kier molecular flexibility index (Phi) is 5.73. The van der Waals surface area contributed by atoms with Crippen molar-refractivity contribution in [2.45, 2.75) is 25.5 Å². The Hall–Kier alpha value is -3.44. The lowest BCUT2D eigenvalue weighted by molar-refractivity contribution is -0.140. The van der Waals surface area contributed by atoms with E-state index < -0.39 is 6.10 Å². The minimum atomic E-state index is -0.617. The molecule has 1 aliphatic heterocycles. The average Bonchev–Trinajstić information content (AvgIpc) is 3.21. The van der Waals surface area contributed by atoms with Crippen LogP contribution in [0.1, 0.15) is 29.8 Å². The van der Waals surface area contributed by atoms with E-state index in [1.165, 1.54) is 5.56 Å². The van der Waals surface area contributed by atoms with Crippen molar-refractivity contribution >= 4 is 28.4 Å². The van der Waals surface area contributed by atoms with Crippen LogP contribution in [0.5, 0.6) is 11.5 Å². The second-order valence-corrected chi connectivity index (χ2v) is 8.67. The van der Waals surface area contributed by atoms with Gasteiger partial charge in [-0.3, -0.25) is 4.79 Å². The fourth-order valence-corrected chi connectivity index (χ4v) is 4.79. The smallest absolute Gasteiger partial charge is 0.264 e. The normalized spacial score (nSPS) is 16.3. The van der Waals surface area contributed by atoms with E-state index in [1.807, 2.05) is 77.7 Å². The van der Waals surface area contributed by atoms with E-state index in [1.54, 1.807) is 14.0 Å². The van der Waals surface area contributed by atoms with Gasteiger partial charge in [-0.25, -0.2) is 0 Å². The summed E-state index contributed by atoms with van der Waals surface area (Å²) in [4.78, 5) is 19.1. The van der Waals surface area contributed by atoms with Gasteiger partial charge in [0.15, 0.2) is 6.10 Å². The lowest BCUT2D eigenvalue weighted by Gasteiger charge is -2.37. The molecule has 1 N–H and O–H groups in total. The molecule has 168 valence electrons. The SMILES string of the molecule is COc1ccc(C2c3[nH]c4ccc(Cl)cc4c3CCN2C(=O)C(C)Oc2ccccc2)cc1. The maximum atomic E-state index is 13.6. The predicted octanol–water partition coefficient (Wildman–Crippen LogP) is 5.77. The van der Waals surface area contributed by atoms with Crippen molar-refractivity contribution in [3.63, 3.8) is 0 Å². The molecule has 1 aromatic heterocycles. The number of carbonyl (C=O) groups is 1. The molecule has 33 heavy (non-hydrogen) atoms. The van der Waals surface area contributed by atoms with Crippen LogP contribution < -0.4 is 9.47 Å². The number of benzene rings is 3. The third kappa shape index (κ3) is 4.05. The van der Waals surface area contributed by atoms with Crippen LogP contribution in [0.15, 0.2) is 72.8 Å². The molecule has 5 rings (SSSR count). The molecular weight excluding hydrogens is 436 g/mol. The third-order valence-corrected chi connectivity index (χ3v) is 6.44. The average molecular weight is 461 g/mol. The lowest BCUT2D eigenvalue weighted by Crippen LogP contribution is -2.46. The number of amides is 1. The first-order chi connectivity index (χ1) is 16.0. The minimum absolute atomic E-state index is 0.0537. The molecular formula is C27H25ClN2O3. The van der Waals surface area contributed by atoms with E-state index in [4.69, 9.17) is 21.1 Å². The van der Waals surface area contributed by atoms with Crippen molar-refractivity contribution in [2.24, 2.45) is 0 Å². The number of ether oxygens (including phenoxy) is 2. The number of hydrogen-bond donors (Lipinski definition) is 1. The van der Waals surface area contributed by atoms with Crippen LogP contribution >= 0.6 is 11.6 Å². The van der Waals surface area contributed by atoms with Crippen molar-refractivity contribution in [3.8, 4) is 11.5 Å². The molecule has 0 aliphatic carbocycles. The van der Waals surface area contributed by atoms with Crippen LogP contribution in [-0.4, -0.2) is 35.5 Å². The number of para-hydroxylation sites is 1. The van der Waals surface area contributed by atoms with Gasteiger partial charge >= 0.3 is 0 Å². The number of carbonyl (C=O) groups excluding carboxylic acids is 1. The van der Waals surface area contributed by atoms with E-state index in [-0.39, 0.29) is 11.9 Å². The second kappa shape index (κ2) is 8.83. The molecule has 1 aliphatic rings. The summed E-state index contributed by atoms with van der Waals surface area (Å²) in [6.45, 7) is 2.39. The fraction of sp³-hybridized carbons (Fsp3) is 0.222. The monoisotopic (exact) mass is 460 g/mol. The van der Waals surface area contributed by atoms with Crippen LogP contribution in [0.3, 0.4) is 0 Å². The number of rotatable bonds is 5. The molecule has 2 unspecified atom stereocenters. The molecule has 5 nitrogen and oxygen atoms in total. The van der Waals surface area contributed by atoms with Crippen LogP contribution in [0.25, 0.3) is 10.9 Å². The van der Waals surface area contributed by atoms with Gasteiger partial charge < -0.3 is 19.4 Å². The lowest BCUT2D eigenvalue weighted by atomic mass is 9.92. The maximum Gasteiger partial charge on any atom is 0.264 e. The molecule has 6 heteroatoms. The van der Waals surface area contributed by atoms with Gasteiger partial charge in [0.2, 0.25) is 0 Å². The summed E-state index contributed by atoms with van der Waals surface area (Å²) >= 11 is 6.29. The molecule has 0 fully saturated rings. The Labute approximate surface area is 197 Å². The number of fused-ring (bicyclic) bond motifs is 3. The summed E-state index contributed by atoms with van der Waals surface area (Å²) < 4.78 is 11.3. The summed E-state index contributed by atoms with van der Waals surface area (Å²) in [7, 11) is 1.65. The number of aromatic amines is 1. The Bertz CT molecular complexity index is 1280. The molecule has 3 aromatic carbocycles. The number of H-pyrrole nitrogens is 1. The van der Waals surface area contributed by atoms with Crippen LogP contribution in [-0.2, 0) is 11.2 Å². The summed E-state index contributed by atoms with van der Waals surface area (Å²) in [5.41, 5.74) is 4.25. The van der Waals surface area contributed by atoms with E-state index in [9.17, 15) is 4.79 Å². The number of halogens is 1. The molecule has 0 saturated heterocycles. The molecule has 4 aromatic rings. The van der Waals surface area contributed by atoms with E-state index in [0.717, 1.165) is 34.3 Å². The first-order valence-corrected chi connectivity index (χ1v) is 11.4. The molecule has 0 bridgehead atoms. The minimum Gasteiger partial charge on any atom is -0.497 e. The van der Waals surface area contributed by atoms with Gasteiger partial charge in [-0.2, -0.15) is 0 Å². The summed E-state index contributed by atoms with van der Waals surface area (Å²) in [5.74, 6) is 1.40. The topological polar surface area (TPSA) is 54.6 Å². The summed E-state index contributed by atoms with van der Waals surface area (Å²) in [5, 5.41) is 1.81. The van der Waals surface area contributed by atoms with Gasteiger partial charge in [0.1, 0.15) is 11.5 Å². The highest BCUT2D eigenvalue weighted by Gasteiger charge is 2.36. The van der Waals surface area contributed by atoms with Gasteiger partial charge in [0.05, 0.1) is 13.2 Å². The molecule has 1 amide bonds. The summed E-state index contributed by atoms with van der Waals surface area (Å²) in [6, 6.07) is 22.9. The van der Waals surface area contributed by atoms with Crippen LogP contribution in [0.2, 0.25) is 5.02 Å². The van der Waals surface area contributed by atoms with Crippen LogP contribution in [0, 0.1) is 0 Å². The molecule has 2 atom stereocenters. The molecule has 2 heterocycles. The van der Waals surface area contributed by atoms with Gasteiger partial charge in [0.25, 0.3) is 5.91 Å². The first kappa shape index (κ1) is 21.4. The fourth-order valence-electron chi connectivity index (χ4n) is 4.62. The van der Waals surface area contributed by atoms with Gasteiger partial charge in [-0.1, -0.05) is 41.9 Å². The summed E-state index contributed by atoms with van der Waals surface area (Å²) in [6.07, 6.45) is 0.125. The third-order valence-electron chi connectivity index (χ3n) is 6.21. The quantitative estimate of drug-likeness (QED) is 0.411. The number of methoxy groups -OCH3 is 1. The zero-order chi connectivity index (χ0) is 22.9. The van der Waals surface area contributed by atoms with E-state index >= 15 is 0 Å². The highest BCUT2D eigenvalue weighted by Crippen LogP contribution is 2.40. The maximum absolute atomic E-state index is 13.6. The highest BCUT2D eigenvalue weighted by atomic mass is 35.5.